The Kier molecular flexibility index (Phi) is 6.94. The van der Waals surface area contributed by atoms with Gasteiger partial charge in [-0.2, -0.15) is 0 Å². The molecule has 0 bridgehead atoms. The lowest BCUT2D eigenvalue weighted by Gasteiger charge is -2.37. The van der Waals surface area contributed by atoms with Crippen molar-refractivity contribution in [3.8, 4) is 16.8 Å². The summed E-state index contributed by atoms with van der Waals surface area (Å²) in [7, 11) is 0. The summed E-state index contributed by atoms with van der Waals surface area (Å²) < 4.78 is 2.41. The van der Waals surface area contributed by atoms with Crippen LogP contribution in [0.4, 0.5) is 5.69 Å². The Bertz CT molecular complexity index is 2650. The molecule has 10 rings (SSSR count). The van der Waals surface area contributed by atoms with Crippen molar-refractivity contribution in [2.75, 3.05) is 4.90 Å². The summed E-state index contributed by atoms with van der Waals surface area (Å²) in [5.41, 5.74) is 16.4. The second kappa shape index (κ2) is 11.9. The van der Waals surface area contributed by atoms with Gasteiger partial charge in [-0.05, 0) is 94.3 Å². The molecular formula is C50H38N2. The van der Waals surface area contributed by atoms with E-state index in [0.29, 0.717) is 0 Å². The summed E-state index contributed by atoms with van der Waals surface area (Å²) in [6.45, 7) is 6.15. The van der Waals surface area contributed by atoms with Crippen molar-refractivity contribution in [2.24, 2.45) is 0 Å². The summed E-state index contributed by atoms with van der Waals surface area (Å²) >= 11 is 0. The van der Waals surface area contributed by atoms with Crippen LogP contribution in [0.15, 0.2) is 200 Å². The number of aromatic nitrogens is 1. The van der Waals surface area contributed by atoms with Gasteiger partial charge in [0.25, 0.3) is 0 Å². The first-order valence-electron chi connectivity index (χ1n) is 18.3. The van der Waals surface area contributed by atoms with E-state index in [9.17, 15) is 0 Å². The quantitative estimate of drug-likeness (QED) is 0.160. The molecule has 0 fully saturated rings. The first-order chi connectivity index (χ1) is 25.7. The minimum absolute atomic E-state index is 0.0847. The third kappa shape index (κ3) is 4.18. The molecule has 248 valence electrons. The van der Waals surface area contributed by atoms with E-state index in [2.05, 4.69) is 193 Å². The van der Waals surface area contributed by atoms with E-state index in [1.807, 2.05) is 12.2 Å². The van der Waals surface area contributed by atoms with Gasteiger partial charge < -0.3 is 9.47 Å². The standard InChI is InChI=1S/C50H38N2/c1-3-5-17-34(4-2)51(37-28-30-42-41-23-12-16-27-48(41)52(49(42)33-37)35-18-7-6-8-19-35)36-29-31-47-43(32-36)40-22-11-15-26-46(40)50(47)44-24-13-9-20-38(44)39-21-10-14-25-45(39)50/h3-28,30-33,36H,1,29H2,2H3/b17-5-,34-4+. The van der Waals surface area contributed by atoms with Crippen molar-refractivity contribution in [2.45, 2.75) is 24.8 Å². The number of anilines is 1. The Balaban J connectivity index is 1.18. The van der Waals surface area contributed by atoms with Crippen molar-refractivity contribution in [3.05, 3.63) is 222 Å². The monoisotopic (exact) mass is 666 g/mol. The van der Waals surface area contributed by atoms with Crippen molar-refractivity contribution in [1.82, 2.24) is 4.57 Å². The molecule has 0 N–H and O–H groups in total. The van der Waals surface area contributed by atoms with Crippen LogP contribution in [0, 0.1) is 0 Å². The number of nitrogens with zero attached hydrogens (tertiary/aromatic N) is 2. The molecule has 2 heteroatoms. The Morgan fingerprint density at radius 2 is 1.31 bits per heavy atom. The highest BCUT2D eigenvalue weighted by molar-refractivity contribution is 6.10. The molecule has 1 spiro atoms. The summed E-state index contributed by atoms with van der Waals surface area (Å²) in [4.78, 5) is 2.52. The second-order valence-electron chi connectivity index (χ2n) is 14.0. The van der Waals surface area contributed by atoms with Gasteiger partial charge in [0.1, 0.15) is 0 Å². The maximum Gasteiger partial charge on any atom is 0.0722 e. The molecule has 1 atom stereocenters. The molecule has 1 heterocycles. The summed E-state index contributed by atoms with van der Waals surface area (Å²) in [6, 6.07) is 53.8. The van der Waals surface area contributed by atoms with Crippen molar-refractivity contribution >= 4 is 33.1 Å². The van der Waals surface area contributed by atoms with Gasteiger partial charge in [-0.3, -0.25) is 0 Å². The summed E-state index contributed by atoms with van der Waals surface area (Å²) in [5, 5.41) is 2.51. The fourth-order valence-electron chi connectivity index (χ4n) is 9.45. The highest BCUT2D eigenvalue weighted by atomic mass is 15.2. The topological polar surface area (TPSA) is 8.17 Å². The van der Waals surface area contributed by atoms with Gasteiger partial charge in [-0.15, -0.1) is 0 Å². The highest BCUT2D eigenvalue weighted by Crippen LogP contribution is 2.64. The number of hydrogen-bond acceptors (Lipinski definition) is 1. The SMILES string of the molecule is C=C/C=C\C(=C/C)N(c1ccc2c3ccccc3n(-c3ccccc3)c2c1)C1C=C2C(=CC1)C1(c3ccccc32)c2ccccc2-c2ccccc21. The molecular weight excluding hydrogens is 629 g/mol. The molecule has 2 nitrogen and oxygen atoms in total. The minimum atomic E-state index is -0.326. The van der Waals surface area contributed by atoms with Crippen LogP contribution in [-0.4, -0.2) is 10.6 Å². The number of allylic oxidation sites excluding steroid dienone is 6. The lowest BCUT2D eigenvalue weighted by Crippen LogP contribution is -2.35. The van der Waals surface area contributed by atoms with Gasteiger partial charge in [-0.25, -0.2) is 0 Å². The molecule has 0 aliphatic heterocycles. The van der Waals surface area contributed by atoms with Crippen LogP contribution in [0.2, 0.25) is 0 Å². The molecule has 0 saturated carbocycles. The van der Waals surface area contributed by atoms with Gasteiger partial charge in [0, 0.05) is 27.8 Å². The molecule has 6 aromatic carbocycles. The molecule has 0 saturated heterocycles. The predicted octanol–water partition coefficient (Wildman–Crippen LogP) is 12.3. The molecule has 0 radical (unpaired) electrons. The number of benzene rings is 6. The maximum atomic E-state index is 4.01. The Morgan fingerprint density at radius 3 is 2.02 bits per heavy atom. The van der Waals surface area contributed by atoms with E-state index in [0.717, 1.165) is 23.5 Å². The van der Waals surface area contributed by atoms with E-state index in [-0.39, 0.29) is 11.5 Å². The molecule has 3 aliphatic rings. The van der Waals surface area contributed by atoms with Crippen molar-refractivity contribution < 1.29 is 0 Å². The van der Waals surface area contributed by atoms with E-state index in [4.69, 9.17) is 0 Å². The molecule has 1 unspecified atom stereocenters. The van der Waals surface area contributed by atoms with Crippen LogP contribution in [0.5, 0.6) is 0 Å². The fraction of sp³-hybridized carbons (Fsp3) is 0.0800. The highest BCUT2D eigenvalue weighted by Gasteiger charge is 2.53. The van der Waals surface area contributed by atoms with Crippen LogP contribution >= 0.6 is 0 Å². The lowest BCUT2D eigenvalue weighted by atomic mass is 9.69. The third-order valence-electron chi connectivity index (χ3n) is 11.4. The number of para-hydroxylation sites is 2. The Morgan fingerprint density at radius 1 is 0.692 bits per heavy atom. The van der Waals surface area contributed by atoms with Crippen LogP contribution in [0.25, 0.3) is 44.2 Å². The van der Waals surface area contributed by atoms with E-state index in [1.165, 1.54) is 66.3 Å². The van der Waals surface area contributed by atoms with E-state index >= 15 is 0 Å². The average molecular weight is 667 g/mol. The Hall–Kier alpha value is -6.38. The smallest absolute Gasteiger partial charge is 0.0722 e. The second-order valence-corrected chi connectivity index (χ2v) is 14.0. The fourth-order valence-corrected chi connectivity index (χ4v) is 9.45. The van der Waals surface area contributed by atoms with Crippen molar-refractivity contribution in [3.63, 3.8) is 0 Å². The molecule has 52 heavy (non-hydrogen) atoms. The number of rotatable bonds is 6. The van der Waals surface area contributed by atoms with Gasteiger partial charge in [-0.1, -0.05) is 152 Å². The zero-order valence-electron chi connectivity index (χ0n) is 29.2. The number of hydrogen-bond donors (Lipinski definition) is 0. The largest absolute Gasteiger partial charge is 0.334 e. The van der Waals surface area contributed by atoms with Gasteiger partial charge in [0.2, 0.25) is 0 Å². The van der Waals surface area contributed by atoms with Gasteiger partial charge in [0.05, 0.1) is 22.5 Å². The average Bonchev–Trinajstić information content (AvgIpc) is 3.81. The van der Waals surface area contributed by atoms with Crippen LogP contribution < -0.4 is 4.90 Å². The predicted molar refractivity (Wildman–Crippen MR) is 219 cm³/mol. The number of fused-ring (bicyclic) bond motifs is 13. The lowest BCUT2D eigenvalue weighted by molar-refractivity contribution is 0.732. The summed E-state index contributed by atoms with van der Waals surface area (Å²) in [5.74, 6) is 0. The third-order valence-corrected chi connectivity index (χ3v) is 11.4. The van der Waals surface area contributed by atoms with E-state index in [1.54, 1.807) is 0 Å². The van der Waals surface area contributed by atoms with Gasteiger partial charge in [0.15, 0.2) is 0 Å². The molecule has 7 aromatic rings. The van der Waals surface area contributed by atoms with Crippen LogP contribution in [-0.2, 0) is 5.41 Å². The zero-order chi connectivity index (χ0) is 34.8. The van der Waals surface area contributed by atoms with E-state index < -0.39 is 0 Å². The normalized spacial score (nSPS) is 16.8. The Labute approximate surface area is 305 Å². The van der Waals surface area contributed by atoms with Crippen LogP contribution in [0.1, 0.15) is 35.6 Å². The van der Waals surface area contributed by atoms with Crippen LogP contribution in [0.3, 0.4) is 0 Å². The molecule has 3 aliphatic carbocycles. The van der Waals surface area contributed by atoms with Gasteiger partial charge >= 0.3 is 0 Å². The first-order valence-corrected chi connectivity index (χ1v) is 18.3. The zero-order valence-corrected chi connectivity index (χ0v) is 29.2. The van der Waals surface area contributed by atoms with Crippen molar-refractivity contribution in [1.29, 1.82) is 0 Å². The minimum Gasteiger partial charge on any atom is -0.334 e. The maximum absolute atomic E-state index is 4.01. The first kappa shape index (κ1) is 30.4. The molecule has 1 aromatic heterocycles. The molecule has 0 amide bonds. The summed E-state index contributed by atoms with van der Waals surface area (Å²) in [6.07, 6.45) is 14.3.